The molecule has 5 nitrogen and oxygen atoms in total. The molecule has 19 heavy (non-hydrogen) atoms. The number of hydrogen-bond acceptors (Lipinski definition) is 2. The van der Waals surface area contributed by atoms with Gasteiger partial charge in [-0.25, -0.2) is 9.18 Å². The second-order valence-corrected chi connectivity index (χ2v) is 4.28. The van der Waals surface area contributed by atoms with Gasteiger partial charge in [-0.05, 0) is 24.3 Å². The number of aromatic amines is 1. The van der Waals surface area contributed by atoms with Gasteiger partial charge in [-0.3, -0.25) is 4.68 Å². The second kappa shape index (κ2) is 3.94. The van der Waals surface area contributed by atoms with Crippen LogP contribution in [0.4, 0.5) is 4.39 Å². The largest absolute Gasteiger partial charge is 0.477 e. The number of rotatable bonds is 2. The zero-order chi connectivity index (χ0) is 13.6. The Morgan fingerprint density at radius 1 is 1.42 bits per heavy atom. The lowest BCUT2D eigenvalue weighted by Crippen LogP contribution is -1.94. The molecule has 0 fully saturated rings. The van der Waals surface area contributed by atoms with Crippen molar-refractivity contribution in [3.8, 4) is 11.3 Å². The average Bonchev–Trinajstić information content (AvgIpc) is 2.95. The molecule has 0 aliphatic rings. The van der Waals surface area contributed by atoms with Crippen LogP contribution in [0.2, 0.25) is 0 Å². The van der Waals surface area contributed by atoms with E-state index in [1.54, 1.807) is 30.1 Å². The quantitative estimate of drug-likeness (QED) is 0.742. The van der Waals surface area contributed by atoms with Gasteiger partial charge in [0.05, 0.1) is 5.69 Å². The molecule has 3 rings (SSSR count). The number of carboxylic acids is 1. The van der Waals surface area contributed by atoms with Crippen LogP contribution >= 0.6 is 0 Å². The first-order valence-corrected chi connectivity index (χ1v) is 5.60. The monoisotopic (exact) mass is 259 g/mol. The van der Waals surface area contributed by atoms with Crippen molar-refractivity contribution in [2.24, 2.45) is 7.05 Å². The van der Waals surface area contributed by atoms with Crippen molar-refractivity contribution >= 4 is 16.9 Å². The summed E-state index contributed by atoms with van der Waals surface area (Å²) in [5.41, 5.74) is 1.64. The standard InChI is InChI=1S/C13H10FN3O2/c1-17-3-2-10(16-17)7-4-9(14)8-6-12(13(18)19)15-11(8)5-7/h2-6,15H,1H3,(H,18,19). The summed E-state index contributed by atoms with van der Waals surface area (Å²) in [6, 6.07) is 6.09. The van der Waals surface area contributed by atoms with E-state index in [-0.39, 0.29) is 11.1 Å². The van der Waals surface area contributed by atoms with E-state index < -0.39 is 11.8 Å². The second-order valence-electron chi connectivity index (χ2n) is 4.28. The van der Waals surface area contributed by atoms with Crippen LogP contribution in [0.25, 0.3) is 22.2 Å². The summed E-state index contributed by atoms with van der Waals surface area (Å²) in [6.45, 7) is 0. The molecule has 6 heteroatoms. The van der Waals surface area contributed by atoms with Crippen LogP contribution < -0.4 is 0 Å². The molecule has 0 saturated heterocycles. The van der Waals surface area contributed by atoms with Crippen molar-refractivity contribution in [3.63, 3.8) is 0 Å². The average molecular weight is 259 g/mol. The highest BCUT2D eigenvalue weighted by Gasteiger charge is 2.13. The molecule has 0 atom stereocenters. The summed E-state index contributed by atoms with van der Waals surface area (Å²) < 4.78 is 15.6. The van der Waals surface area contributed by atoms with Crippen molar-refractivity contribution in [3.05, 3.63) is 42.0 Å². The molecule has 3 aromatic rings. The Bertz CT molecular complexity index is 788. The van der Waals surface area contributed by atoms with Crippen LogP contribution in [0.5, 0.6) is 0 Å². The number of nitrogens with one attached hydrogen (secondary N) is 1. The maximum absolute atomic E-state index is 14.0. The molecule has 96 valence electrons. The van der Waals surface area contributed by atoms with E-state index in [0.717, 1.165) is 0 Å². The Hall–Kier alpha value is -2.63. The number of nitrogens with zero attached hydrogens (tertiary/aromatic N) is 2. The summed E-state index contributed by atoms with van der Waals surface area (Å²) in [5, 5.41) is 13.3. The maximum Gasteiger partial charge on any atom is 0.352 e. The summed E-state index contributed by atoms with van der Waals surface area (Å²) in [6.07, 6.45) is 1.76. The van der Waals surface area contributed by atoms with E-state index in [1.807, 2.05) is 0 Å². The highest BCUT2D eigenvalue weighted by atomic mass is 19.1. The van der Waals surface area contributed by atoms with Crippen LogP contribution in [0, 0.1) is 5.82 Å². The summed E-state index contributed by atoms with van der Waals surface area (Å²) >= 11 is 0. The van der Waals surface area contributed by atoms with Crippen molar-refractivity contribution < 1.29 is 14.3 Å². The van der Waals surface area contributed by atoms with Crippen LogP contribution in [0.1, 0.15) is 10.5 Å². The number of benzene rings is 1. The number of carbonyl (C=O) groups is 1. The van der Waals surface area contributed by atoms with Gasteiger partial charge in [0.1, 0.15) is 11.5 Å². The fourth-order valence-electron chi connectivity index (χ4n) is 2.03. The Morgan fingerprint density at radius 3 is 2.84 bits per heavy atom. The molecule has 0 bridgehead atoms. The van der Waals surface area contributed by atoms with Gasteiger partial charge in [0.25, 0.3) is 0 Å². The zero-order valence-electron chi connectivity index (χ0n) is 10.0. The number of fused-ring (bicyclic) bond motifs is 1. The number of aromatic nitrogens is 3. The number of hydrogen-bond donors (Lipinski definition) is 2. The summed E-state index contributed by atoms with van der Waals surface area (Å²) in [7, 11) is 1.77. The van der Waals surface area contributed by atoms with Crippen molar-refractivity contribution in [2.45, 2.75) is 0 Å². The van der Waals surface area contributed by atoms with Crippen LogP contribution in [0.3, 0.4) is 0 Å². The molecule has 2 aromatic heterocycles. The molecule has 0 saturated carbocycles. The van der Waals surface area contributed by atoms with Gasteiger partial charge in [-0.1, -0.05) is 0 Å². The third-order valence-electron chi connectivity index (χ3n) is 2.93. The number of aryl methyl sites for hydroxylation is 1. The molecule has 0 unspecified atom stereocenters. The first-order chi connectivity index (χ1) is 9.04. The van der Waals surface area contributed by atoms with E-state index >= 15 is 0 Å². The van der Waals surface area contributed by atoms with Gasteiger partial charge in [0, 0.05) is 29.7 Å². The Kier molecular flexibility index (Phi) is 2.38. The first-order valence-electron chi connectivity index (χ1n) is 5.60. The Morgan fingerprint density at radius 2 is 2.21 bits per heavy atom. The van der Waals surface area contributed by atoms with Gasteiger partial charge in [0.15, 0.2) is 0 Å². The van der Waals surface area contributed by atoms with Gasteiger partial charge in [-0.15, -0.1) is 0 Å². The third-order valence-corrected chi connectivity index (χ3v) is 2.93. The van der Waals surface area contributed by atoms with Crippen molar-refractivity contribution in [1.29, 1.82) is 0 Å². The molecule has 0 radical (unpaired) electrons. The lowest BCUT2D eigenvalue weighted by molar-refractivity contribution is 0.0691. The highest BCUT2D eigenvalue weighted by Crippen LogP contribution is 2.26. The Labute approximate surface area is 107 Å². The zero-order valence-corrected chi connectivity index (χ0v) is 10.0. The predicted octanol–water partition coefficient (Wildman–Crippen LogP) is 2.41. The van der Waals surface area contributed by atoms with Gasteiger partial charge >= 0.3 is 5.97 Å². The van der Waals surface area contributed by atoms with Crippen LogP contribution in [-0.2, 0) is 7.05 Å². The molecular formula is C13H10FN3O2. The van der Waals surface area contributed by atoms with Crippen molar-refractivity contribution in [1.82, 2.24) is 14.8 Å². The molecule has 0 aliphatic carbocycles. The van der Waals surface area contributed by atoms with Gasteiger partial charge in [-0.2, -0.15) is 5.10 Å². The van der Waals surface area contributed by atoms with Crippen molar-refractivity contribution in [2.75, 3.05) is 0 Å². The highest BCUT2D eigenvalue weighted by molar-refractivity contribution is 5.95. The van der Waals surface area contributed by atoms with E-state index in [0.29, 0.717) is 16.8 Å². The number of halogens is 1. The fraction of sp³-hybridized carbons (Fsp3) is 0.0769. The summed E-state index contributed by atoms with van der Waals surface area (Å²) in [5.74, 6) is -1.59. The molecule has 0 spiro atoms. The lowest BCUT2D eigenvalue weighted by atomic mass is 10.1. The van der Waals surface area contributed by atoms with Crippen LogP contribution in [0.15, 0.2) is 30.5 Å². The van der Waals surface area contributed by atoms with Gasteiger partial charge in [0.2, 0.25) is 0 Å². The van der Waals surface area contributed by atoms with Gasteiger partial charge < -0.3 is 10.1 Å². The van der Waals surface area contributed by atoms with E-state index in [1.165, 1.54) is 12.1 Å². The predicted molar refractivity (Wildman–Crippen MR) is 67.4 cm³/mol. The van der Waals surface area contributed by atoms with E-state index in [2.05, 4.69) is 10.1 Å². The Balaban J connectivity index is 2.21. The minimum Gasteiger partial charge on any atom is -0.477 e. The van der Waals surface area contributed by atoms with E-state index in [4.69, 9.17) is 5.11 Å². The number of carboxylic acid groups (broad SMARTS) is 1. The normalized spacial score (nSPS) is 11.1. The topological polar surface area (TPSA) is 70.9 Å². The first kappa shape index (κ1) is 11.5. The SMILES string of the molecule is Cn1ccc(-c2cc(F)c3cc(C(=O)O)[nH]c3c2)n1. The molecule has 2 N–H and O–H groups in total. The van der Waals surface area contributed by atoms with Crippen LogP contribution in [-0.4, -0.2) is 25.8 Å². The molecule has 0 aliphatic heterocycles. The van der Waals surface area contributed by atoms with E-state index in [9.17, 15) is 9.18 Å². The minimum atomic E-state index is -1.12. The number of aromatic carboxylic acids is 1. The summed E-state index contributed by atoms with van der Waals surface area (Å²) in [4.78, 5) is 13.5. The lowest BCUT2D eigenvalue weighted by Gasteiger charge is -1.99. The molecule has 0 amide bonds. The molecule has 1 aromatic carbocycles. The smallest absolute Gasteiger partial charge is 0.352 e. The third kappa shape index (κ3) is 1.87. The minimum absolute atomic E-state index is 0.0351. The number of H-pyrrole nitrogens is 1. The molecular weight excluding hydrogens is 249 g/mol. The maximum atomic E-state index is 14.0. The fourth-order valence-corrected chi connectivity index (χ4v) is 2.03. The molecule has 2 heterocycles.